The molecule has 45 heavy (non-hydrogen) atoms. The second-order valence-electron chi connectivity index (χ2n) is 9.42. The van der Waals surface area contributed by atoms with E-state index in [-0.39, 0.29) is 50.8 Å². The molecule has 3 aliphatic heterocycles. The van der Waals surface area contributed by atoms with Gasteiger partial charge in [-0.2, -0.15) is 11.8 Å². The largest absolute Gasteiger partial charge is 0.481 e. The van der Waals surface area contributed by atoms with Gasteiger partial charge in [-0.15, -0.1) is 0 Å². The van der Waals surface area contributed by atoms with Crippen molar-refractivity contribution in [3.8, 4) is 0 Å². The molecule has 0 aromatic rings. The van der Waals surface area contributed by atoms with Crippen LogP contribution in [0.15, 0.2) is 38.3 Å². The Morgan fingerprint density at radius 2 is 1.13 bits per heavy atom. The van der Waals surface area contributed by atoms with Crippen molar-refractivity contribution >= 4 is 58.1 Å². The Bertz CT molecular complexity index is 1070. The Labute approximate surface area is 271 Å². The quantitative estimate of drug-likeness (QED) is 0.130. The summed E-state index contributed by atoms with van der Waals surface area (Å²) in [6, 6.07) is 0. The number of carboxylic acids is 1. The lowest BCUT2D eigenvalue weighted by Crippen LogP contribution is -2.37. The van der Waals surface area contributed by atoms with E-state index in [2.05, 4.69) is 30.4 Å². The number of amides is 5. The molecule has 17 heteroatoms. The van der Waals surface area contributed by atoms with E-state index in [1.165, 1.54) is 33.3 Å². The van der Waals surface area contributed by atoms with Crippen molar-refractivity contribution in [2.75, 3.05) is 50.5 Å². The number of nitrogens with one attached hydrogen (secondary N) is 2. The summed E-state index contributed by atoms with van der Waals surface area (Å²) in [5.74, 6) is -4.05. The molecule has 6 N–H and O–H groups in total. The minimum Gasteiger partial charge on any atom is -0.481 e. The molecule has 258 valence electrons. The van der Waals surface area contributed by atoms with Gasteiger partial charge in [0.15, 0.2) is 0 Å². The van der Waals surface area contributed by atoms with Crippen LogP contribution in [0.5, 0.6) is 0 Å². The zero-order chi connectivity index (χ0) is 32.7. The van der Waals surface area contributed by atoms with Crippen molar-refractivity contribution in [3.05, 3.63) is 38.3 Å². The van der Waals surface area contributed by atoms with Gasteiger partial charge in [-0.3, -0.25) is 28.8 Å². The summed E-state index contributed by atoms with van der Waals surface area (Å²) in [4.78, 5) is 72.0. The highest BCUT2D eigenvalue weighted by molar-refractivity contribution is 8.19. The Morgan fingerprint density at radius 3 is 1.42 bits per heavy atom. The minimum absolute atomic E-state index is 0. The number of thioether (sulfide) groups is 1. The summed E-state index contributed by atoms with van der Waals surface area (Å²) in [7, 11) is -3.60. The van der Waals surface area contributed by atoms with E-state index in [9.17, 15) is 28.8 Å². The van der Waals surface area contributed by atoms with Gasteiger partial charge in [0.25, 0.3) is 0 Å². The second-order valence-corrected chi connectivity index (χ2v) is 12.1. The molecule has 0 aromatic heterocycles. The third-order valence-corrected chi connectivity index (χ3v) is 7.96. The predicted molar refractivity (Wildman–Crippen MR) is 176 cm³/mol. The summed E-state index contributed by atoms with van der Waals surface area (Å²) < 4.78 is 26.0. The summed E-state index contributed by atoms with van der Waals surface area (Å²) in [5, 5.41) is 13.7. The van der Waals surface area contributed by atoms with Gasteiger partial charge in [0, 0.05) is 38.5 Å². The van der Waals surface area contributed by atoms with Crippen LogP contribution in [0.2, 0.25) is 0 Å². The van der Waals surface area contributed by atoms with Crippen molar-refractivity contribution in [2.45, 2.75) is 34.1 Å². The topological polar surface area (TPSA) is 217 Å². The maximum atomic E-state index is 11.6. The van der Waals surface area contributed by atoms with Crippen LogP contribution >= 0.6 is 22.6 Å². The third-order valence-electron chi connectivity index (χ3n) is 6.59. The monoisotopic (exact) mass is 679 g/mol. The lowest BCUT2D eigenvalue weighted by atomic mass is 10.1. The van der Waals surface area contributed by atoms with Crippen molar-refractivity contribution in [2.24, 2.45) is 17.8 Å². The SMILES string of the molecule is C.C.C=CN1CCC(C(=O)NCCS(O)(O)O)C1=O.C=CN1CCC(C(=O)NCCSC)C1=O.C=CN1CCC(C(=O)O)C1=O. The maximum Gasteiger partial charge on any atom is 0.316 e. The van der Waals surface area contributed by atoms with Crippen LogP contribution in [-0.4, -0.2) is 119 Å². The number of hydrogen-bond donors (Lipinski definition) is 6. The van der Waals surface area contributed by atoms with Gasteiger partial charge in [-0.25, -0.2) is 0 Å². The number of carboxylic acid groups (broad SMARTS) is 1. The van der Waals surface area contributed by atoms with Gasteiger partial charge >= 0.3 is 5.97 Å². The fourth-order valence-corrected chi connectivity index (χ4v) is 4.88. The first kappa shape index (κ1) is 43.7. The zero-order valence-corrected chi connectivity index (χ0v) is 25.7. The van der Waals surface area contributed by atoms with Gasteiger partial charge in [-0.1, -0.05) is 34.6 Å². The average molecular weight is 680 g/mol. The summed E-state index contributed by atoms with van der Waals surface area (Å²) in [6.45, 7) is 12.5. The first-order chi connectivity index (χ1) is 20.2. The molecule has 0 radical (unpaired) electrons. The van der Waals surface area contributed by atoms with Gasteiger partial charge in [0.2, 0.25) is 29.5 Å². The van der Waals surface area contributed by atoms with Crippen LogP contribution in [0.1, 0.15) is 34.1 Å². The van der Waals surface area contributed by atoms with E-state index in [4.69, 9.17) is 18.8 Å². The van der Waals surface area contributed by atoms with Crippen LogP contribution in [-0.2, 0) is 28.8 Å². The lowest BCUT2D eigenvalue weighted by Gasteiger charge is -2.19. The molecule has 0 bridgehead atoms. The molecule has 3 rings (SSSR count). The van der Waals surface area contributed by atoms with Crippen LogP contribution in [0, 0.1) is 17.8 Å². The summed E-state index contributed by atoms with van der Waals surface area (Å²) >= 11 is 1.67. The van der Waals surface area contributed by atoms with Crippen LogP contribution < -0.4 is 10.6 Å². The van der Waals surface area contributed by atoms with E-state index in [0.717, 1.165) is 5.75 Å². The number of likely N-dealkylation sites (tertiary alicyclic amines) is 3. The highest BCUT2D eigenvalue weighted by atomic mass is 32.3. The Kier molecular flexibility index (Phi) is 20.8. The van der Waals surface area contributed by atoms with Gasteiger partial charge in [-0.05, 0) is 44.1 Å². The molecule has 3 heterocycles. The van der Waals surface area contributed by atoms with E-state index in [1.807, 2.05) is 6.26 Å². The van der Waals surface area contributed by atoms with Gasteiger partial charge < -0.3 is 44.1 Å². The lowest BCUT2D eigenvalue weighted by molar-refractivity contribution is -0.147. The highest BCUT2D eigenvalue weighted by Crippen LogP contribution is 2.31. The van der Waals surface area contributed by atoms with Crippen molar-refractivity contribution in [3.63, 3.8) is 0 Å². The van der Waals surface area contributed by atoms with Crippen LogP contribution in [0.3, 0.4) is 0 Å². The minimum atomic E-state index is -3.60. The molecule has 0 aliphatic carbocycles. The zero-order valence-electron chi connectivity index (χ0n) is 24.1. The second kappa shape index (κ2) is 21.4. The summed E-state index contributed by atoms with van der Waals surface area (Å²) in [6.07, 6.45) is 7.59. The number of rotatable bonds is 12. The first-order valence-electron chi connectivity index (χ1n) is 13.3. The Balaban J connectivity index is 0. The molecular weight excluding hydrogens is 630 g/mol. The van der Waals surface area contributed by atoms with Crippen molar-refractivity contribution < 1.29 is 47.5 Å². The van der Waals surface area contributed by atoms with Crippen LogP contribution in [0.4, 0.5) is 0 Å². The van der Waals surface area contributed by atoms with Crippen LogP contribution in [0.25, 0.3) is 0 Å². The van der Waals surface area contributed by atoms with E-state index in [1.54, 1.807) is 11.8 Å². The van der Waals surface area contributed by atoms with Crippen molar-refractivity contribution in [1.82, 2.24) is 25.3 Å². The smallest absolute Gasteiger partial charge is 0.316 e. The van der Waals surface area contributed by atoms with Gasteiger partial charge in [0.1, 0.15) is 17.8 Å². The summed E-state index contributed by atoms with van der Waals surface area (Å²) in [5.41, 5.74) is 0. The molecule has 3 aliphatic rings. The van der Waals surface area contributed by atoms with Gasteiger partial charge in [0.05, 0.1) is 16.6 Å². The molecule has 3 fully saturated rings. The fourth-order valence-electron chi connectivity index (χ4n) is 4.20. The molecule has 0 spiro atoms. The maximum absolute atomic E-state index is 11.6. The fraction of sp³-hybridized carbons (Fsp3) is 0.571. The third kappa shape index (κ3) is 14.1. The molecule has 3 atom stereocenters. The molecule has 15 nitrogen and oxygen atoms in total. The van der Waals surface area contributed by atoms with E-state index >= 15 is 0 Å². The molecular formula is C28H49N5O10S2. The number of carbonyl (C=O) groups excluding carboxylic acids is 5. The molecule has 0 aromatic carbocycles. The molecule has 0 saturated carbocycles. The molecule has 3 saturated heterocycles. The number of aliphatic carboxylic acids is 1. The number of carbonyl (C=O) groups is 6. The highest BCUT2D eigenvalue weighted by Gasteiger charge is 2.37. The molecule has 5 amide bonds. The standard InChI is InChI=1S/C10H16N2O2S.C9H16N2O5S.C7H9NO3.2CH4/c1-3-12-6-4-8(10(12)14)9(13)11-5-7-15-2;1-2-11-5-3-7(9(11)13)8(12)10-4-6-17(14,15)16;1-2-8-4-3-5(6(8)9)7(10)11;;/h3,8H,1,4-7H2,2H3,(H,11,13);2,7,14-16H,1,3-6H2,(H,10,12);2,5H,1,3-4H2,(H,10,11);2*1H4. The predicted octanol–water partition coefficient (Wildman–Crippen LogP) is 2.11. The first-order valence-corrected chi connectivity index (χ1v) is 16.3. The molecule has 3 unspecified atom stereocenters. The average Bonchev–Trinajstić information content (AvgIpc) is 3.64. The number of nitrogens with zero attached hydrogens (tertiary/aromatic N) is 3. The number of hydrogen-bond acceptors (Lipinski definition) is 10. The normalized spacial score (nSPS) is 20.8. The van der Waals surface area contributed by atoms with Crippen molar-refractivity contribution in [1.29, 1.82) is 0 Å². The van der Waals surface area contributed by atoms with E-state index < -0.39 is 40.5 Å². The van der Waals surface area contributed by atoms with E-state index in [0.29, 0.717) is 45.4 Å². The Hall–Kier alpha value is -3.38. The Morgan fingerprint density at radius 1 is 0.778 bits per heavy atom.